The lowest BCUT2D eigenvalue weighted by Gasteiger charge is -2.40. The maximum Gasteiger partial charge on any atom is 0.142 e. The number of hydrogen-bond donors (Lipinski definition) is 4. The molecule has 2 aromatic carbocycles. The van der Waals surface area contributed by atoms with Crippen LogP contribution in [0, 0.1) is 0 Å². The maximum atomic E-state index is 10.7. The molecule has 0 spiro atoms. The van der Waals surface area contributed by atoms with Crippen molar-refractivity contribution in [3.63, 3.8) is 0 Å². The van der Waals surface area contributed by atoms with Gasteiger partial charge >= 0.3 is 0 Å². The predicted molar refractivity (Wildman–Crippen MR) is 114 cm³/mol. The van der Waals surface area contributed by atoms with Crippen molar-refractivity contribution in [2.24, 2.45) is 0 Å². The molecule has 0 bridgehead atoms. The van der Waals surface area contributed by atoms with Gasteiger partial charge in [-0.2, -0.15) is 0 Å². The second-order valence-corrected chi connectivity index (χ2v) is 8.53. The highest BCUT2D eigenvalue weighted by molar-refractivity contribution is 6.33. The largest absolute Gasteiger partial charge is 0.497 e. The van der Waals surface area contributed by atoms with Gasteiger partial charge in [-0.25, -0.2) is 0 Å². The van der Waals surface area contributed by atoms with Crippen molar-refractivity contribution in [2.45, 2.75) is 56.4 Å². The minimum Gasteiger partial charge on any atom is -0.497 e. The maximum absolute atomic E-state index is 10.7. The second kappa shape index (κ2) is 8.94. The van der Waals surface area contributed by atoms with E-state index in [0.29, 0.717) is 29.2 Å². The van der Waals surface area contributed by atoms with Crippen molar-refractivity contribution in [3.8, 4) is 11.5 Å². The van der Waals surface area contributed by atoms with Crippen molar-refractivity contribution in [3.05, 3.63) is 57.6 Å². The zero-order chi connectivity index (χ0) is 22.3. The van der Waals surface area contributed by atoms with Crippen LogP contribution in [0.5, 0.6) is 11.5 Å². The molecule has 0 saturated carbocycles. The molecule has 4 N–H and O–H groups in total. The molecule has 0 radical (unpaired) electrons. The minimum absolute atomic E-state index is 0.104. The van der Waals surface area contributed by atoms with Gasteiger partial charge in [0.1, 0.15) is 48.1 Å². The molecular formula is C23H27ClO7. The summed E-state index contributed by atoms with van der Waals surface area (Å²) in [5.41, 5.74) is 3.24. The van der Waals surface area contributed by atoms with Crippen LogP contribution in [0.25, 0.3) is 0 Å². The van der Waals surface area contributed by atoms with E-state index in [9.17, 15) is 20.4 Å². The summed E-state index contributed by atoms with van der Waals surface area (Å²) in [6.45, 7) is 1.44. The van der Waals surface area contributed by atoms with Gasteiger partial charge in [0.2, 0.25) is 0 Å². The van der Waals surface area contributed by atoms with Crippen molar-refractivity contribution < 1.29 is 34.6 Å². The minimum atomic E-state index is -1.45. The summed E-state index contributed by atoms with van der Waals surface area (Å²) in [6, 6.07) is 9.49. The zero-order valence-electron chi connectivity index (χ0n) is 17.4. The summed E-state index contributed by atoms with van der Waals surface area (Å²) in [5, 5.41) is 41.2. The Bertz CT molecular complexity index is 931. The number of hydrogen-bond acceptors (Lipinski definition) is 7. The molecule has 1 fully saturated rings. The molecule has 168 valence electrons. The van der Waals surface area contributed by atoms with E-state index in [1.54, 1.807) is 7.11 Å². The van der Waals surface area contributed by atoms with Crippen LogP contribution < -0.4 is 9.47 Å². The van der Waals surface area contributed by atoms with Gasteiger partial charge in [-0.1, -0.05) is 29.8 Å². The summed E-state index contributed by atoms with van der Waals surface area (Å²) in [7, 11) is 1.61. The molecule has 1 saturated heterocycles. The Kier molecular flexibility index (Phi) is 6.44. The van der Waals surface area contributed by atoms with Gasteiger partial charge < -0.3 is 34.6 Å². The van der Waals surface area contributed by atoms with E-state index in [-0.39, 0.29) is 6.10 Å². The van der Waals surface area contributed by atoms with Crippen LogP contribution in [0.3, 0.4) is 0 Å². The number of aliphatic hydroxyl groups excluding tert-OH is 4. The van der Waals surface area contributed by atoms with E-state index in [4.69, 9.17) is 25.8 Å². The Morgan fingerprint density at radius 3 is 2.45 bits per heavy atom. The van der Waals surface area contributed by atoms with Gasteiger partial charge in [-0.15, -0.1) is 0 Å². The summed E-state index contributed by atoms with van der Waals surface area (Å²) in [6.07, 6.45) is -5.18. The average Bonchev–Trinajstić information content (AvgIpc) is 3.17. The van der Waals surface area contributed by atoms with Crippen LogP contribution in [0.4, 0.5) is 0 Å². The molecule has 0 aromatic heterocycles. The summed E-state index contributed by atoms with van der Waals surface area (Å²) in [5.74, 6) is 1.30. The fourth-order valence-electron chi connectivity index (χ4n) is 4.32. The Balaban J connectivity index is 1.75. The molecule has 0 aliphatic carbocycles. The highest BCUT2D eigenvalue weighted by atomic mass is 35.5. The lowest BCUT2D eigenvalue weighted by atomic mass is 9.86. The molecule has 2 unspecified atom stereocenters. The topological polar surface area (TPSA) is 109 Å². The van der Waals surface area contributed by atoms with Crippen molar-refractivity contribution in [2.75, 3.05) is 13.7 Å². The monoisotopic (exact) mass is 450 g/mol. The Morgan fingerprint density at radius 2 is 1.81 bits per heavy atom. The van der Waals surface area contributed by atoms with Crippen LogP contribution in [0.2, 0.25) is 5.02 Å². The number of rotatable bonds is 5. The van der Waals surface area contributed by atoms with Crippen molar-refractivity contribution in [1.82, 2.24) is 0 Å². The third-order valence-corrected chi connectivity index (χ3v) is 6.41. The number of halogens is 1. The number of aliphatic hydroxyl groups is 4. The van der Waals surface area contributed by atoms with Crippen molar-refractivity contribution in [1.29, 1.82) is 0 Å². The molecule has 2 aliphatic rings. The van der Waals surface area contributed by atoms with E-state index in [1.165, 1.54) is 0 Å². The molecule has 8 heteroatoms. The Labute approximate surface area is 185 Å². The SMILES string of the molecule is COc1ccc(Cc2cc([C@@H]3O[C@H](CO)[C@@H](O)[C@H](O)C3O)c3c(c2Cl)OC(C)C3)cc1. The Morgan fingerprint density at radius 1 is 1.10 bits per heavy atom. The quantitative estimate of drug-likeness (QED) is 0.549. The van der Waals surface area contributed by atoms with E-state index in [0.717, 1.165) is 22.4 Å². The summed E-state index contributed by atoms with van der Waals surface area (Å²) >= 11 is 6.70. The molecule has 6 atom stereocenters. The Hall–Kier alpha value is -1.87. The van der Waals surface area contributed by atoms with E-state index >= 15 is 0 Å². The first-order valence-corrected chi connectivity index (χ1v) is 10.7. The normalized spacial score (nSPS) is 30.0. The van der Waals surface area contributed by atoms with Gasteiger partial charge in [-0.3, -0.25) is 0 Å². The van der Waals surface area contributed by atoms with Gasteiger partial charge in [0, 0.05) is 12.0 Å². The highest BCUT2D eigenvalue weighted by Crippen LogP contribution is 2.46. The van der Waals surface area contributed by atoms with Crippen LogP contribution in [-0.4, -0.2) is 64.7 Å². The van der Waals surface area contributed by atoms with Crippen LogP contribution in [-0.2, 0) is 17.6 Å². The first-order chi connectivity index (χ1) is 14.8. The number of benzene rings is 2. The van der Waals surface area contributed by atoms with Crippen LogP contribution in [0.1, 0.15) is 35.3 Å². The molecule has 31 heavy (non-hydrogen) atoms. The van der Waals surface area contributed by atoms with Crippen molar-refractivity contribution >= 4 is 11.6 Å². The number of ether oxygens (including phenoxy) is 3. The summed E-state index contributed by atoms with van der Waals surface area (Å²) < 4.78 is 17.0. The average molecular weight is 451 g/mol. The first kappa shape index (κ1) is 22.3. The zero-order valence-corrected chi connectivity index (χ0v) is 18.1. The smallest absolute Gasteiger partial charge is 0.142 e. The fourth-order valence-corrected chi connectivity index (χ4v) is 4.60. The van der Waals surface area contributed by atoms with Gasteiger partial charge in [-0.05, 0) is 42.2 Å². The van der Waals surface area contributed by atoms with Crippen LogP contribution in [0.15, 0.2) is 30.3 Å². The number of methoxy groups -OCH3 is 1. The highest BCUT2D eigenvalue weighted by Gasteiger charge is 2.45. The molecule has 2 aromatic rings. The molecule has 4 rings (SSSR count). The molecule has 2 heterocycles. The molecular weight excluding hydrogens is 424 g/mol. The summed E-state index contributed by atoms with van der Waals surface area (Å²) in [4.78, 5) is 0. The second-order valence-electron chi connectivity index (χ2n) is 8.15. The molecule has 2 aliphatic heterocycles. The van der Waals surface area contributed by atoms with E-state index in [1.807, 2.05) is 37.3 Å². The lowest BCUT2D eigenvalue weighted by molar-refractivity contribution is -0.231. The first-order valence-electron chi connectivity index (χ1n) is 10.3. The standard InChI is InChI=1S/C23H27ClO7/c1-11-7-15-16(23-21(28)20(27)19(26)17(10-25)31-23)9-13(18(24)22(15)30-11)8-12-3-5-14(29-2)6-4-12/h3-6,9,11,17,19-21,23,25-28H,7-8,10H2,1-2H3/t11?,17-,19-,20+,21?,23+/m1/s1. The van der Waals surface area contributed by atoms with E-state index in [2.05, 4.69) is 0 Å². The third kappa shape index (κ3) is 4.14. The molecule has 0 amide bonds. The van der Waals surface area contributed by atoms with Gasteiger partial charge in [0.15, 0.2) is 0 Å². The molecule has 7 nitrogen and oxygen atoms in total. The number of fused-ring (bicyclic) bond motifs is 1. The third-order valence-electron chi connectivity index (χ3n) is 6.00. The van der Waals surface area contributed by atoms with Crippen LogP contribution >= 0.6 is 11.6 Å². The lowest BCUT2D eigenvalue weighted by Crippen LogP contribution is -2.55. The fraction of sp³-hybridized carbons (Fsp3) is 0.478. The van der Waals surface area contributed by atoms with Gasteiger partial charge in [0.05, 0.1) is 18.7 Å². The van der Waals surface area contributed by atoms with Gasteiger partial charge in [0.25, 0.3) is 0 Å². The predicted octanol–water partition coefficient (Wildman–Crippen LogP) is 1.78. The van der Waals surface area contributed by atoms with E-state index < -0.39 is 37.1 Å².